The minimum Gasteiger partial charge on any atom is -0.396 e. The van der Waals surface area contributed by atoms with Crippen LogP contribution in [0.2, 0.25) is 0 Å². The molecule has 0 aromatic rings. The highest BCUT2D eigenvalue weighted by Crippen LogP contribution is 2.58. The molecule has 0 unspecified atom stereocenters. The topological polar surface area (TPSA) is 60.7 Å². The molecule has 0 spiro atoms. The van der Waals surface area contributed by atoms with Crippen molar-refractivity contribution in [1.82, 2.24) is 0 Å². The number of aliphatic hydroxyl groups excluding tert-OH is 2. The van der Waals surface area contributed by atoms with E-state index in [-0.39, 0.29) is 29.8 Å². The van der Waals surface area contributed by atoms with E-state index in [1.54, 1.807) is 0 Å². The molecule has 3 N–H and O–H groups in total. The van der Waals surface area contributed by atoms with Crippen molar-refractivity contribution >= 4 is 0 Å². The molecule has 0 saturated heterocycles. The van der Waals surface area contributed by atoms with Crippen LogP contribution < -0.4 is 0 Å². The summed E-state index contributed by atoms with van der Waals surface area (Å²) in [5.41, 5.74) is 0.822. The highest BCUT2D eigenvalue weighted by atomic mass is 16.3. The molecule has 3 aliphatic carbocycles. The van der Waals surface area contributed by atoms with Gasteiger partial charge in [0.15, 0.2) is 0 Å². The zero-order valence-electron chi connectivity index (χ0n) is 15.1. The predicted molar refractivity (Wildman–Crippen MR) is 91.8 cm³/mol. The first-order valence-electron chi connectivity index (χ1n) is 9.41. The van der Waals surface area contributed by atoms with Gasteiger partial charge in [-0.05, 0) is 68.1 Å². The second kappa shape index (κ2) is 5.86. The van der Waals surface area contributed by atoms with Gasteiger partial charge in [0, 0.05) is 12.5 Å². The van der Waals surface area contributed by atoms with Crippen LogP contribution in [0.15, 0.2) is 11.6 Å². The summed E-state index contributed by atoms with van der Waals surface area (Å²) < 4.78 is 0. The van der Waals surface area contributed by atoms with Gasteiger partial charge in [-0.1, -0.05) is 32.4 Å². The Hall–Kier alpha value is -0.380. The van der Waals surface area contributed by atoms with Crippen molar-refractivity contribution < 1.29 is 15.3 Å². The van der Waals surface area contributed by atoms with E-state index in [9.17, 15) is 15.3 Å². The molecule has 3 nitrogen and oxygen atoms in total. The first-order valence-corrected chi connectivity index (χ1v) is 9.41. The zero-order chi connectivity index (χ0) is 17.0. The van der Waals surface area contributed by atoms with Gasteiger partial charge in [0.05, 0.1) is 11.7 Å². The van der Waals surface area contributed by atoms with Crippen LogP contribution in [-0.4, -0.2) is 33.6 Å². The number of hydrogen-bond donors (Lipinski definition) is 3. The summed E-state index contributed by atoms with van der Waals surface area (Å²) in [6, 6.07) is 0. The number of rotatable bonds is 2. The number of aliphatic hydroxyl groups is 3. The lowest BCUT2D eigenvalue weighted by Crippen LogP contribution is -2.45. The molecule has 0 radical (unpaired) electrons. The Morgan fingerprint density at radius 3 is 2.61 bits per heavy atom. The van der Waals surface area contributed by atoms with Crippen molar-refractivity contribution in [3.05, 3.63) is 11.6 Å². The molecule has 3 heteroatoms. The standard InChI is InChI=1S/C20H34O3/c1-12(2)14-5-7-19(3)10-15-13(11-21)9-17(22)18(15)20(4,23)8-6-16(14)19/h6,12-15,17-18,21-23H,5,7-11H2,1-4H3/t13-,14-,15+,17-,18-,19+,20-/m0/s1. The van der Waals surface area contributed by atoms with E-state index in [4.69, 9.17) is 0 Å². The maximum Gasteiger partial charge on any atom is 0.0709 e. The first-order chi connectivity index (χ1) is 10.7. The van der Waals surface area contributed by atoms with Crippen LogP contribution in [-0.2, 0) is 0 Å². The van der Waals surface area contributed by atoms with Gasteiger partial charge in [-0.25, -0.2) is 0 Å². The molecule has 23 heavy (non-hydrogen) atoms. The summed E-state index contributed by atoms with van der Waals surface area (Å²) in [5, 5.41) is 31.4. The Labute approximate surface area is 140 Å². The van der Waals surface area contributed by atoms with Crippen molar-refractivity contribution in [2.45, 2.75) is 71.5 Å². The second-order valence-electron chi connectivity index (χ2n) is 9.31. The van der Waals surface area contributed by atoms with Gasteiger partial charge in [-0.2, -0.15) is 0 Å². The lowest BCUT2D eigenvalue weighted by Gasteiger charge is -2.43. The number of hydrogen-bond acceptors (Lipinski definition) is 3. The van der Waals surface area contributed by atoms with E-state index in [2.05, 4.69) is 26.8 Å². The van der Waals surface area contributed by atoms with Crippen LogP contribution in [0.3, 0.4) is 0 Å². The monoisotopic (exact) mass is 322 g/mol. The van der Waals surface area contributed by atoms with Crippen LogP contribution in [0.1, 0.15) is 59.8 Å². The van der Waals surface area contributed by atoms with Gasteiger partial charge in [0.2, 0.25) is 0 Å². The Morgan fingerprint density at radius 1 is 1.30 bits per heavy atom. The van der Waals surface area contributed by atoms with Crippen molar-refractivity contribution in [1.29, 1.82) is 0 Å². The summed E-state index contributed by atoms with van der Waals surface area (Å²) >= 11 is 0. The maximum atomic E-state index is 11.1. The fourth-order valence-corrected chi connectivity index (χ4v) is 6.09. The quantitative estimate of drug-likeness (QED) is 0.685. The first kappa shape index (κ1) is 17.4. The van der Waals surface area contributed by atoms with Crippen LogP contribution in [0.25, 0.3) is 0 Å². The summed E-state index contributed by atoms with van der Waals surface area (Å²) in [6.07, 6.45) is 6.47. The SMILES string of the molecule is CC(C)[C@@H]1CC[C@]2(C)C[C@@H]3[C@H](CO)C[C@H](O)[C@H]3[C@@](C)(O)CC=C12. The molecule has 2 fully saturated rings. The van der Waals surface area contributed by atoms with Crippen molar-refractivity contribution in [2.24, 2.45) is 35.0 Å². The van der Waals surface area contributed by atoms with Crippen molar-refractivity contribution in [2.75, 3.05) is 6.61 Å². The molecule has 0 heterocycles. The molecule has 0 bridgehead atoms. The van der Waals surface area contributed by atoms with Crippen LogP contribution in [0.5, 0.6) is 0 Å². The summed E-state index contributed by atoms with van der Waals surface area (Å²) in [4.78, 5) is 0. The lowest BCUT2D eigenvalue weighted by molar-refractivity contribution is -0.0709. The highest BCUT2D eigenvalue weighted by molar-refractivity contribution is 5.26. The molecular weight excluding hydrogens is 288 g/mol. The zero-order valence-corrected chi connectivity index (χ0v) is 15.1. The van der Waals surface area contributed by atoms with Crippen LogP contribution in [0, 0.1) is 35.0 Å². The maximum absolute atomic E-state index is 11.1. The van der Waals surface area contributed by atoms with Gasteiger partial charge in [-0.15, -0.1) is 0 Å². The molecule has 2 saturated carbocycles. The Morgan fingerprint density at radius 2 is 2.00 bits per heavy atom. The van der Waals surface area contributed by atoms with E-state index in [0.717, 1.165) is 6.42 Å². The van der Waals surface area contributed by atoms with Crippen molar-refractivity contribution in [3.63, 3.8) is 0 Å². The van der Waals surface area contributed by atoms with Gasteiger partial charge < -0.3 is 15.3 Å². The molecule has 3 rings (SSSR count). The third-order valence-electron chi connectivity index (χ3n) is 7.31. The second-order valence-corrected chi connectivity index (χ2v) is 9.31. The van der Waals surface area contributed by atoms with E-state index in [1.807, 2.05) is 6.92 Å². The molecule has 0 aliphatic heterocycles. The normalized spacial score (nSPS) is 50.3. The molecule has 0 aromatic carbocycles. The van der Waals surface area contributed by atoms with Crippen LogP contribution >= 0.6 is 0 Å². The molecule has 0 amide bonds. The minimum atomic E-state index is -0.882. The van der Waals surface area contributed by atoms with E-state index in [1.165, 1.54) is 18.4 Å². The molecule has 132 valence electrons. The highest BCUT2D eigenvalue weighted by Gasteiger charge is 2.55. The number of fused-ring (bicyclic) bond motifs is 2. The van der Waals surface area contributed by atoms with Crippen molar-refractivity contribution in [3.8, 4) is 0 Å². The average molecular weight is 322 g/mol. The minimum absolute atomic E-state index is 0.118. The fourth-order valence-electron chi connectivity index (χ4n) is 6.09. The summed E-state index contributed by atoms with van der Waals surface area (Å²) in [7, 11) is 0. The smallest absolute Gasteiger partial charge is 0.0709 e. The third kappa shape index (κ3) is 2.79. The number of allylic oxidation sites excluding steroid dienone is 1. The predicted octanol–water partition coefficient (Wildman–Crippen LogP) is 3.14. The lowest BCUT2D eigenvalue weighted by atomic mass is 9.64. The molecular formula is C20H34O3. The van der Waals surface area contributed by atoms with E-state index >= 15 is 0 Å². The Balaban J connectivity index is 2.01. The molecule has 7 atom stereocenters. The molecule has 0 aromatic heterocycles. The fraction of sp³-hybridized carbons (Fsp3) is 0.900. The van der Waals surface area contributed by atoms with E-state index < -0.39 is 11.7 Å². The van der Waals surface area contributed by atoms with E-state index in [0.29, 0.717) is 24.7 Å². The average Bonchev–Trinajstić information content (AvgIpc) is 2.93. The molecule has 3 aliphatic rings. The summed E-state index contributed by atoms with van der Waals surface area (Å²) in [5.74, 6) is 1.46. The van der Waals surface area contributed by atoms with Gasteiger partial charge in [-0.3, -0.25) is 0 Å². The summed E-state index contributed by atoms with van der Waals surface area (Å²) in [6.45, 7) is 8.97. The Kier molecular flexibility index (Phi) is 4.44. The van der Waals surface area contributed by atoms with Gasteiger partial charge >= 0.3 is 0 Å². The largest absolute Gasteiger partial charge is 0.396 e. The van der Waals surface area contributed by atoms with Gasteiger partial charge in [0.25, 0.3) is 0 Å². The third-order valence-corrected chi connectivity index (χ3v) is 7.31. The van der Waals surface area contributed by atoms with Crippen LogP contribution in [0.4, 0.5) is 0 Å². The Bertz CT molecular complexity index is 481. The van der Waals surface area contributed by atoms with Gasteiger partial charge in [0.1, 0.15) is 0 Å².